The van der Waals surface area contributed by atoms with E-state index in [1.807, 2.05) is 52.8 Å². The monoisotopic (exact) mass is 373 g/mol. The number of nitrogens with zero attached hydrogens (tertiary/aromatic N) is 5. The Morgan fingerprint density at radius 3 is 2.73 bits per heavy atom. The van der Waals surface area contributed by atoms with Gasteiger partial charge in [0.1, 0.15) is 5.76 Å². The van der Waals surface area contributed by atoms with Gasteiger partial charge in [-0.3, -0.25) is 4.79 Å². The molecule has 0 spiro atoms. The van der Waals surface area contributed by atoms with E-state index >= 15 is 0 Å². The van der Waals surface area contributed by atoms with Crippen molar-refractivity contribution < 1.29 is 9.21 Å². The molecule has 0 aliphatic carbocycles. The zero-order chi connectivity index (χ0) is 18.9. The summed E-state index contributed by atoms with van der Waals surface area (Å²) in [6.07, 6.45) is 1.66. The summed E-state index contributed by atoms with van der Waals surface area (Å²) in [5.41, 5.74) is 2.48. The van der Waals surface area contributed by atoms with Crippen LogP contribution in [0.5, 0.6) is 0 Å². The Morgan fingerprint density at radius 1 is 1.31 bits per heavy atom. The third kappa shape index (κ3) is 3.75. The predicted octanol–water partition coefficient (Wildman–Crippen LogP) is 3.46. The van der Waals surface area contributed by atoms with Crippen LogP contribution in [0.2, 0.25) is 0 Å². The molecule has 0 radical (unpaired) electrons. The molecule has 0 bridgehead atoms. The van der Waals surface area contributed by atoms with Crippen LogP contribution < -0.4 is 0 Å². The average molecular weight is 373 g/mol. The number of hydrogen-bond donors (Lipinski definition) is 0. The molecule has 138 valence electrons. The number of ketones is 1. The van der Waals surface area contributed by atoms with Gasteiger partial charge in [0.05, 0.1) is 24.1 Å². The fourth-order valence-corrected chi connectivity index (χ4v) is 3.73. The minimum atomic E-state index is -0.228. The molecule has 0 amide bonds. The maximum atomic E-state index is 12.8. The highest BCUT2D eigenvalue weighted by molar-refractivity contribution is 7.99. The van der Waals surface area contributed by atoms with Crippen LogP contribution >= 0.6 is 11.8 Å². The topological polar surface area (TPSA) is 78.7 Å². The van der Waals surface area contributed by atoms with E-state index in [9.17, 15) is 4.79 Å². The van der Waals surface area contributed by atoms with Crippen molar-refractivity contribution in [3.05, 3.63) is 47.2 Å². The number of aromatic nitrogens is 5. The molecule has 0 atom stereocenters. The smallest absolute Gasteiger partial charge is 0.210 e. The molecule has 3 aromatic heterocycles. The van der Waals surface area contributed by atoms with Crippen molar-refractivity contribution in [1.29, 1.82) is 0 Å². The molecule has 3 heterocycles. The normalized spacial score (nSPS) is 11.9. The van der Waals surface area contributed by atoms with Gasteiger partial charge in [-0.2, -0.15) is 0 Å². The zero-order valence-corrected chi connectivity index (χ0v) is 16.5. The molecule has 0 fully saturated rings. The summed E-state index contributed by atoms with van der Waals surface area (Å²) in [6, 6.07) is 5.74. The standard InChI is InChI=1S/C18H23N5O2S/c1-12-9-15(13(2)22(12)10-14-7-6-8-25-14)16(24)11-26-17-19-20-21-23(17)18(3,4)5/h6-9H,10-11H2,1-5H3. The van der Waals surface area contributed by atoms with Gasteiger partial charge in [-0.25, -0.2) is 4.68 Å². The Balaban J connectivity index is 1.74. The maximum Gasteiger partial charge on any atom is 0.210 e. The second-order valence-electron chi connectivity index (χ2n) is 7.21. The van der Waals surface area contributed by atoms with Gasteiger partial charge in [0.2, 0.25) is 5.16 Å². The molecule has 7 nitrogen and oxygen atoms in total. The van der Waals surface area contributed by atoms with Crippen LogP contribution in [0.1, 0.15) is 48.3 Å². The number of carbonyl (C=O) groups excluding carboxylic acids is 1. The molecular weight excluding hydrogens is 350 g/mol. The van der Waals surface area contributed by atoms with Crippen LogP contribution in [0, 0.1) is 13.8 Å². The van der Waals surface area contributed by atoms with Crippen molar-refractivity contribution in [3.63, 3.8) is 0 Å². The summed E-state index contributed by atoms with van der Waals surface area (Å²) in [5, 5.41) is 12.4. The quantitative estimate of drug-likeness (QED) is 0.486. The third-order valence-corrected chi connectivity index (χ3v) is 5.10. The largest absolute Gasteiger partial charge is 0.467 e. The van der Waals surface area contributed by atoms with E-state index in [-0.39, 0.29) is 11.3 Å². The molecule has 26 heavy (non-hydrogen) atoms. The molecule has 0 N–H and O–H groups in total. The van der Waals surface area contributed by atoms with Gasteiger partial charge in [-0.1, -0.05) is 11.8 Å². The number of tetrazole rings is 1. The summed E-state index contributed by atoms with van der Waals surface area (Å²) >= 11 is 1.36. The fourth-order valence-electron chi connectivity index (χ4n) is 2.78. The third-order valence-electron chi connectivity index (χ3n) is 4.18. The first-order valence-electron chi connectivity index (χ1n) is 8.41. The number of rotatable bonds is 6. The first-order chi connectivity index (χ1) is 12.3. The van der Waals surface area contributed by atoms with Crippen molar-refractivity contribution in [1.82, 2.24) is 24.8 Å². The highest BCUT2D eigenvalue weighted by Crippen LogP contribution is 2.24. The van der Waals surface area contributed by atoms with Crippen molar-refractivity contribution in [2.45, 2.75) is 51.9 Å². The molecular formula is C18H23N5O2S. The lowest BCUT2D eigenvalue weighted by Gasteiger charge is -2.19. The van der Waals surface area contributed by atoms with E-state index in [0.29, 0.717) is 17.5 Å². The Labute approximate surface area is 156 Å². The van der Waals surface area contributed by atoms with E-state index in [1.165, 1.54) is 11.8 Å². The highest BCUT2D eigenvalue weighted by atomic mass is 32.2. The Morgan fingerprint density at radius 2 is 2.08 bits per heavy atom. The van der Waals surface area contributed by atoms with Crippen LogP contribution in [0.3, 0.4) is 0 Å². The summed E-state index contributed by atoms with van der Waals surface area (Å²) in [5.74, 6) is 1.23. The lowest BCUT2D eigenvalue weighted by molar-refractivity contribution is 0.102. The van der Waals surface area contributed by atoms with Gasteiger partial charge >= 0.3 is 0 Å². The summed E-state index contributed by atoms with van der Waals surface area (Å²) in [4.78, 5) is 12.8. The van der Waals surface area contributed by atoms with Crippen molar-refractivity contribution in [2.24, 2.45) is 0 Å². The first-order valence-corrected chi connectivity index (χ1v) is 9.40. The lowest BCUT2D eigenvalue weighted by Crippen LogP contribution is -2.24. The van der Waals surface area contributed by atoms with E-state index in [4.69, 9.17) is 4.42 Å². The SMILES string of the molecule is Cc1cc(C(=O)CSc2nnnn2C(C)(C)C)c(C)n1Cc1ccco1. The van der Waals surface area contributed by atoms with Gasteiger partial charge in [-0.15, -0.1) is 5.10 Å². The second-order valence-corrected chi connectivity index (χ2v) is 8.15. The number of carbonyl (C=O) groups is 1. The molecule has 0 saturated carbocycles. The minimum absolute atomic E-state index is 0.0669. The van der Waals surface area contributed by atoms with Gasteiger partial charge in [-0.05, 0) is 63.2 Å². The number of furan rings is 1. The van der Waals surface area contributed by atoms with Gasteiger partial charge in [0, 0.05) is 17.0 Å². The zero-order valence-electron chi connectivity index (χ0n) is 15.7. The first kappa shape index (κ1) is 18.4. The Hall–Kier alpha value is -2.35. The number of hydrogen-bond acceptors (Lipinski definition) is 6. The maximum absolute atomic E-state index is 12.8. The fraction of sp³-hybridized carbons (Fsp3) is 0.444. The molecule has 0 unspecified atom stereocenters. The average Bonchev–Trinajstić information content (AvgIpc) is 3.29. The van der Waals surface area contributed by atoms with Gasteiger partial charge in [0.25, 0.3) is 0 Å². The van der Waals surface area contributed by atoms with Crippen LogP contribution in [0.25, 0.3) is 0 Å². The molecule has 3 aromatic rings. The number of Topliss-reactive ketones (excluding diaryl/α,β-unsaturated/α-hetero) is 1. The number of aryl methyl sites for hydroxylation is 1. The number of thioether (sulfide) groups is 1. The van der Waals surface area contributed by atoms with Crippen LogP contribution in [-0.2, 0) is 12.1 Å². The minimum Gasteiger partial charge on any atom is -0.467 e. The van der Waals surface area contributed by atoms with Gasteiger partial charge < -0.3 is 8.98 Å². The second kappa shape index (κ2) is 7.11. The molecule has 8 heteroatoms. The van der Waals surface area contributed by atoms with E-state index in [0.717, 1.165) is 22.7 Å². The Kier molecular flexibility index (Phi) is 5.04. The molecule has 0 aliphatic heterocycles. The molecule has 3 rings (SSSR count). The van der Waals surface area contributed by atoms with Crippen LogP contribution in [-0.4, -0.2) is 36.3 Å². The van der Waals surface area contributed by atoms with Crippen molar-refractivity contribution in [3.8, 4) is 0 Å². The molecule has 0 saturated heterocycles. The van der Waals surface area contributed by atoms with Crippen molar-refractivity contribution >= 4 is 17.5 Å². The molecule has 0 aromatic carbocycles. The molecule has 0 aliphatic rings. The van der Waals surface area contributed by atoms with Crippen LogP contribution in [0.15, 0.2) is 34.0 Å². The predicted molar refractivity (Wildman–Crippen MR) is 99.6 cm³/mol. The summed E-state index contributed by atoms with van der Waals surface area (Å²) < 4.78 is 9.26. The Bertz CT molecular complexity index is 903. The van der Waals surface area contributed by atoms with Crippen LogP contribution in [0.4, 0.5) is 0 Å². The highest BCUT2D eigenvalue weighted by Gasteiger charge is 2.22. The van der Waals surface area contributed by atoms with E-state index in [2.05, 4.69) is 20.1 Å². The van der Waals surface area contributed by atoms with E-state index < -0.39 is 0 Å². The van der Waals surface area contributed by atoms with Crippen molar-refractivity contribution in [2.75, 3.05) is 5.75 Å². The van der Waals surface area contributed by atoms with Gasteiger partial charge in [0.15, 0.2) is 5.78 Å². The summed E-state index contributed by atoms with van der Waals surface area (Å²) in [7, 11) is 0. The summed E-state index contributed by atoms with van der Waals surface area (Å²) in [6.45, 7) is 10.7. The van der Waals surface area contributed by atoms with E-state index in [1.54, 1.807) is 10.9 Å². The lowest BCUT2D eigenvalue weighted by atomic mass is 10.1.